The van der Waals surface area contributed by atoms with Crippen LogP contribution in [0, 0.1) is 0 Å². The molecule has 0 aliphatic carbocycles. The molecule has 36 heavy (non-hydrogen) atoms. The Hall–Kier alpha value is -3.84. The molecule has 1 heterocycles. The SMILES string of the molecule is CCOc1ccc(N2C(=O)CC(N(CCc3cccc(Cl)c3)C(=O)c3ccc(OC)cc3)C2=O)cc1. The van der Waals surface area contributed by atoms with Gasteiger partial charge in [-0.25, -0.2) is 4.90 Å². The molecule has 1 aliphatic heterocycles. The molecule has 1 atom stereocenters. The maximum atomic E-state index is 13.6. The minimum absolute atomic E-state index is 0.0938. The number of amides is 3. The summed E-state index contributed by atoms with van der Waals surface area (Å²) in [7, 11) is 1.55. The fraction of sp³-hybridized carbons (Fsp3) is 0.250. The van der Waals surface area contributed by atoms with Gasteiger partial charge in [0, 0.05) is 17.1 Å². The van der Waals surface area contributed by atoms with Crippen LogP contribution in [0.25, 0.3) is 0 Å². The summed E-state index contributed by atoms with van der Waals surface area (Å²) in [5, 5.41) is 0.592. The minimum atomic E-state index is -0.919. The first-order chi connectivity index (χ1) is 17.4. The zero-order valence-electron chi connectivity index (χ0n) is 20.1. The Morgan fingerprint density at radius 1 is 1.03 bits per heavy atom. The van der Waals surface area contributed by atoms with Gasteiger partial charge in [-0.15, -0.1) is 0 Å². The summed E-state index contributed by atoms with van der Waals surface area (Å²) in [5.41, 5.74) is 1.78. The lowest BCUT2D eigenvalue weighted by molar-refractivity contribution is -0.122. The maximum absolute atomic E-state index is 13.6. The lowest BCUT2D eigenvalue weighted by atomic mass is 10.1. The standard InChI is InChI=1S/C28H27ClN2O5/c1-3-36-24-13-9-22(10-14-24)31-26(32)18-25(28(31)34)30(16-15-19-5-4-6-21(29)17-19)27(33)20-7-11-23(35-2)12-8-20/h4-14,17,25H,3,15-16,18H2,1-2H3. The van der Waals surface area contributed by atoms with Crippen molar-refractivity contribution in [2.75, 3.05) is 25.2 Å². The Kier molecular flexibility index (Phi) is 7.90. The molecular formula is C28H27ClN2O5. The molecule has 0 spiro atoms. The highest BCUT2D eigenvalue weighted by molar-refractivity contribution is 6.30. The van der Waals surface area contributed by atoms with Crippen molar-refractivity contribution in [3.05, 3.63) is 88.9 Å². The molecule has 0 saturated carbocycles. The maximum Gasteiger partial charge on any atom is 0.257 e. The Labute approximate surface area is 215 Å². The summed E-state index contributed by atoms with van der Waals surface area (Å²) in [6.07, 6.45) is 0.382. The van der Waals surface area contributed by atoms with Crippen LogP contribution in [0.2, 0.25) is 5.02 Å². The van der Waals surface area contributed by atoms with Crippen LogP contribution in [0.5, 0.6) is 11.5 Å². The Morgan fingerprint density at radius 3 is 2.36 bits per heavy atom. The largest absolute Gasteiger partial charge is 0.497 e. The van der Waals surface area contributed by atoms with Crippen molar-refractivity contribution in [3.8, 4) is 11.5 Å². The van der Waals surface area contributed by atoms with E-state index in [-0.39, 0.29) is 24.8 Å². The molecule has 3 aromatic carbocycles. The minimum Gasteiger partial charge on any atom is -0.497 e. The van der Waals surface area contributed by atoms with Gasteiger partial charge in [0.15, 0.2) is 0 Å². The predicted molar refractivity (Wildman–Crippen MR) is 138 cm³/mol. The Bertz CT molecular complexity index is 1240. The number of ether oxygens (including phenoxy) is 2. The normalized spacial score (nSPS) is 15.2. The van der Waals surface area contributed by atoms with Gasteiger partial charge < -0.3 is 14.4 Å². The molecule has 0 N–H and O–H groups in total. The number of rotatable bonds is 9. The summed E-state index contributed by atoms with van der Waals surface area (Å²) in [6, 6.07) is 19.9. The fourth-order valence-electron chi connectivity index (χ4n) is 4.23. The highest BCUT2D eigenvalue weighted by atomic mass is 35.5. The highest BCUT2D eigenvalue weighted by Gasteiger charge is 2.44. The van der Waals surface area contributed by atoms with Gasteiger partial charge in [0.1, 0.15) is 17.5 Å². The van der Waals surface area contributed by atoms with Crippen LogP contribution in [0.3, 0.4) is 0 Å². The van der Waals surface area contributed by atoms with Gasteiger partial charge in [-0.1, -0.05) is 23.7 Å². The second-order valence-corrected chi connectivity index (χ2v) is 8.76. The number of halogens is 1. The van der Waals surface area contributed by atoms with Crippen LogP contribution in [0.15, 0.2) is 72.8 Å². The molecule has 0 radical (unpaired) electrons. The number of methoxy groups -OCH3 is 1. The molecule has 0 bridgehead atoms. The van der Waals surface area contributed by atoms with Crippen LogP contribution < -0.4 is 14.4 Å². The van der Waals surface area contributed by atoms with Gasteiger partial charge in [0.25, 0.3) is 11.8 Å². The molecule has 4 rings (SSSR count). The second-order valence-electron chi connectivity index (χ2n) is 8.32. The number of benzene rings is 3. The quantitative estimate of drug-likeness (QED) is 0.391. The lowest BCUT2D eigenvalue weighted by Crippen LogP contribution is -2.46. The van der Waals surface area contributed by atoms with Crippen molar-refractivity contribution < 1.29 is 23.9 Å². The number of carbonyl (C=O) groups excluding carboxylic acids is 3. The average Bonchev–Trinajstić information content (AvgIpc) is 3.18. The molecule has 186 valence electrons. The average molecular weight is 507 g/mol. The van der Waals surface area contributed by atoms with E-state index in [4.69, 9.17) is 21.1 Å². The van der Waals surface area contributed by atoms with Gasteiger partial charge >= 0.3 is 0 Å². The molecule has 3 aromatic rings. The van der Waals surface area contributed by atoms with Crippen molar-refractivity contribution in [1.29, 1.82) is 0 Å². The van der Waals surface area contributed by atoms with Crippen LogP contribution in [-0.2, 0) is 16.0 Å². The lowest BCUT2D eigenvalue weighted by Gasteiger charge is -2.28. The summed E-state index contributed by atoms with van der Waals surface area (Å²) in [5.74, 6) is 0.140. The number of nitrogens with zero attached hydrogens (tertiary/aromatic N) is 2. The van der Waals surface area contributed by atoms with E-state index in [1.54, 1.807) is 61.7 Å². The first-order valence-electron chi connectivity index (χ1n) is 11.7. The van der Waals surface area contributed by atoms with E-state index in [0.717, 1.165) is 10.5 Å². The molecule has 0 aromatic heterocycles. The monoisotopic (exact) mass is 506 g/mol. The highest BCUT2D eigenvalue weighted by Crippen LogP contribution is 2.29. The van der Waals surface area contributed by atoms with Crippen LogP contribution >= 0.6 is 11.6 Å². The fourth-order valence-corrected chi connectivity index (χ4v) is 4.44. The van der Waals surface area contributed by atoms with E-state index in [1.807, 2.05) is 25.1 Å². The van der Waals surface area contributed by atoms with Crippen LogP contribution in [-0.4, -0.2) is 48.9 Å². The zero-order chi connectivity index (χ0) is 25.7. The zero-order valence-corrected chi connectivity index (χ0v) is 20.9. The molecule has 1 fully saturated rings. The summed E-state index contributed by atoms with van der Waals surface area (Å²) >= 11 is 6.13. The van der Waals surface area contributed by atoms with Crippen LogP contribution in [0.4, 0.5) is 5.69 Å². The molecule has 1 unspecified atom stereocenters. The third-order valence-corrected chi connectivity index (χ3v) is 6.27. The summed E-state index contributed by atoms with van der Waals surface area (Å²) in [4.78, 5) is 42.7. The third kappa shape index (κ3) is 5.52. The molecule has 3 amide bonds. The first kappa shape index (κ1) is 25.3. The van der Waals surface area contributed by atoms with E-state index >= 15 is 0 Å². The van der Waals surface area contributed by atoms with Crippen molar-refractivity contribution in [2.45, 2.75) is 25.8 Å². The van der Waals surface area contributed by atoms with E-state index in [0.29, 0.717) is 40.8 Å². The van der Waals surface area contributed by atoms with Crippen molar-refractivity contribution in [3.63, 3.8) is 0 Å². The number of imide groups is 1. The van der Waals surface area contributed by atoms with E-state index in [9.17, 15) is 14.4 Å². The van der Waals surface area contributed by atoms with Crippen molar-refractivity contribution in [1.82, 2.24) is 4.90 Å². The van der Waals surface area contributed by atoms with Crippen molar-refractivity contribution >= 4 is 35.0 Å². The van der Waals surface area contributed by atoms with Gasteiger partial charge in [-0.3, -0.25) is 14.4 Å². The van der Waals surface area contributed by atoms with E-state index in [2.05, 4.69) is 0 Å². The second kappa shape index (κ2) is 11.3. The number of carbonyl (C=O) groups is 3. The third-order valence-electron chi connectivity index (χ3n) is 6.03. The first-order valence-corrected chi connectivity index (χ1v) is 12.1. The Morgan fingerprint density at radius 2 is 1.72 bits per heavy atom. The number of hydrogen-bond acceptors (Lipinski definition) is 5. The van der Waals surface area contributed by atoms with Gasteiger partial charge in [-0.2, -0.15) is 0 Å². The van der Waals surface area contributed by atoms with Gasteiger partial charge in [0.05, 0.1) is 25.8 Å². The smallest absolute Gasteiger partial charge is 0.257 e. The number of hydrogen-bond donors (Lipinski definition) is 0. The molecule has 1 saturated heterocycles. The van der Waals surface area contributed by atoms with E-state index < -0.39 is 11.9 Å². The predicted octanol–water partition coefficient (Wildman–Crippen LogP) is 4.76. The summed E-state index contributed by atoms with van der Waals surface area (Å²) in [6.45, 7) is 2.63. The number of anilines is 1. The van der Waals surface area contributed by atoms with Crippen LogP contribution in [0.1, 0.15) is 29.3 Å². The molecule has 1 aliphatic rings. The molecule has 7 nitrogen and oxygen atoms in total. The summed E-state index contributed by atoms with van der Waals surface area (Å²) < 4.78 is 10.6. The van der Waals surface area contributed by atoms with Gasteiger partial charge in [0.2, 0.25) is 5.91 Å². The van der Waals surface area contributed by atoms with Gasteiger partial charge in [-0.05, 0) is 79.6 Å². The van der Waals surface area contributed by atoms with E-state index in [1.165, 1.54) is 4.90 Å². The topological polar surface area (TPSA) is 76.2 Å². The van der Waals surface area contributed by atoms with Crippen molar-refractivity contribution in [2.24, 2.45) is 0 Å². The molecule has 8 heteroatoms. The Balaban J connectivity index is 1.61. The molecular weight excluding hydrogens is 480 g/mol.